The van der Waals surface area contributed by atoms with E-state index in [2.05, 4.69) is 9.98 Å². The summed E-state index contributed by atoms with van der Waals surface area (Å²) in [5.41, 5.74) is 1.02. The van der Waals surface area contributed by atoms with Gasteiger partial charge in [-0.25, -0.2) is 24.8 Å². The molecule has 0 saturated carbocycles. The van der Waals surface area contributed by atoms with E-state index in [4.69, 9.17) is 0 Å². The molecule has 0 radical (unpaired) electrons. The van der Waals surface area contributed by atoms with Gasteiger partial charge in [0.1, 0.15) is 5.84 Å². The van der Waals surface area contributed by atoms with Gasteiger partial charge in [-0.05, 0) is 32.9 Å². The van der Waals surface area contributed by atoms with Crippen LogP contribution in [0, 0.1) is 0 Å². The summed E-state index contributed by atoms with van der Waals surface area (Å²) in [6, 6.07) is 9.93. The zero-order chi connectivity index (χ0) is 18.0. The number of amidine groups is 2. The highest BCUT2D eigenvalue weighted by Crippen LogP contribution is 2.26. The molecule has 0 aromatic heterocycles. The maximum Gasteiger partial charge on any atom is 0.343 e. The van der Waals surface area contributed by atoms with Gasteiger partial charge in [-0.15, -0.1) is 0 Å². The van der Waals surface area contributed by atoms with Crippen LogP contribution in [0.1, 0.15) is 20.8 Å². The predicted molar refractivity (Wildman–Crippen MR) is 100 cm³/mol. The van der Waals surface area contributed by atoms with E-state index in [9.17, 15) is 4.79 Å². The maximum absolute atomic E-state index is 12.9. The van der Waals surface area contributed by atoms with Crippen LogP contribution in [0.25, 0.3) is 0 Å². The Morgan fingerprint density at radius 2 is 1.88 bits per heavy atom. The van der Waals surface area contributed by atoms with Crippen molar-refractivity contribution in [1.29, 1.82) is 0 Å². The Balaban J connectivity index is 1.93. The molecule has 2 aliphatic rings. The lowest BCUT2D eigenvalue weighted by Gasteiger charge is -2.41. The number of hydrogen-bond donors (Lipinski definition) is 0. The van der Waals surface area contributed by atoms with Crippen molar-refractivity contribution in [1.82, 2.24) is 14.9 Å². The van der Waals surface area contributed by atoms with Crippen molar-refractivity contribution >= 4 is 23.4 Å². The van der Waals surface area contributed by atoms with Crippen molar-refractivity contribution in [3.05, 3.63) is 42.6 Å². The lowest BCUT2D eigenvalue weighted by atomic mass is 10.3. The Morgan fingerprint density at radius 1 is 1.20 bits per heavy atom. The standard InChI is InChI=1S/C18H24N6O/c1-5-22(6-2)18(25)23-13-12-16-19-14(3)20-17(24(16)23)21(4)15-10-8-7-9-11-15/h7-13,17H,5-6H2,1-4H3. The van der Waals surface area contributed by atoms with Crippen LogP contribution in [0.15, 0.2) is 52.6 Å². The Hall–Kier alpha value is -2.83. The molecule has 3 rings (SSSR count). The minimum absolute atomic E-state index is 0.0762. The van der Waals surface area contributed by atoms with Gasteiger partial charge in [-0.1, -0.05) is 18.2 Å². The molecule has 1 aromatic rings. The number of carbonyl (C=O) groups is 1. The maximum atomic E-state index is 12.9. The summed E-state index contributed by atoms with van der Waals surface area (Å²) in [6.45, 7) is 7.13. The third-order valence-electron chi connectivity index (χ3n) is 4.37. The largest absolute Gasteiger partial charge is 0.343 e. The number of hydrogen-bond acceptors (Lipinski definition) is 5. The van der Waals surface area contributed by atoms with E-state index in [0.717, 1.165) is 11.5 Å². The number of amides is 2. The van der Waals surface area contributed by atoms with Gasteiger partial charge < -0.3 is 9.80 Å². The summed E-state index contributed by atoms with van der Waals surface area (Å²) in [7, 11) is 1.97. The molecular formula is C18H24N6O. The van der Waals surface area contributed by atoms with Crippen LogP contribution in [-0.4, -0.2) is 59.0 Å². The van der Waals surface area contributed by atoms with E-state index in [1.807, 2.05) is 74.1 Å². The smallest absolute Gasteiger partial charge is 0.334 e. The monoisotopic (exact) mass is 340 g/mol. The first kappa shape index (κ1) is 17.0. The Morgan fingerprint density at radius 3 is 2.52 bits per heavy atom. The molecule has 0 spiro atoms. The quantitative estimate of drug-likeness (QED) is 0.847. The molecule has 25 heavy (non-hydrogen) atoms. The average Bonchev–Trinajstić information content (AvgIpc) is 3.05. The lowest BCUT2D eigenvalue weighted by molar-refractivity contribution is 0.0726. The number of hydrazine groups is 1. The second-order valence-electron chi connectivity index (χ2n) is 5.90. The lowest BCUT2D eigenvalue weighted by Crippen LogP contribution is -2.58. The number of nitrogens with zero attached hydrogens (tertiary/aromatic N) is 6. The molecule has 0 saturated heterocycles. The van der Waals surface area contributed by atoms with Crippen molar-refractivity contribution in [2.24, 2.45) is 9.98 Å². The number of fused-ring (bicyclic) bond motifs is 1. The molecule has 7 heteroatoms. The second kappa shape index (κ2) is 6.96. The molecule has 2 aliphatic heterocycles. The number of rotatable bonds is 4. The summed E-state index contributed by atoms with van der Waals surface area (Å²) in [5.74, 6) is 1.42. The van der Waals surface area contributed by atoms with E-state index >= 15 is 0 Å². The summed E-state index contributed by atoms with van der Waals surface area (Å²) < 4.78 is 0. The molecule has 0 aliphatic carbocycles. The van der Waals surface area contributed by atoms with Gasteiger partial charge in [-0.2, -0.15) is 0 Å². The fraction of sp³-hybridized carbons (Fsp3) is 0.389. The van der Waals surface area contributed by atoms with Crippen LogP contribution < -0.4 is 4.90 Å². The van der Waals surface area contributed by atoms with Gasteiger partial charge in [0.2, 0.25) is 6.29 Å². The number of benzene rings is 1. The minimum atomic E-state index is -0.371. The molecule has 132 valence electrons. The zero-order valence-corrected chi connectivity index (χ0v) is 15.1. The zero-order valence-electron chi connectivity index (χ0n) is 15.1. The molecule has 2 amide bonds. The van der Waals surface area contributed by atoms with E-state index in [-0.39, 0.29) is 12.3 Å². The van der Waals surface area contributed by atoms with E-state index in [1.54, 1.807) is 16.1 Å². The van der Waals surface area contributed by atoms with E-state index < -0.39 is 0 Å². The van der Waals surface area contributed by atoms with Crippen LogP contribution in [0.2, 0.25) is 0 Å². The van der Waals surface area contributed by atoms with Crippen molar-refractivity contribution in [2.45, 2.75) is 27.1 Å². The van der Waals surface area contributed by atoms with Gasteiger partial charge in [0, 0.05) is 38.1 Å². The molecule has 0 bridgehead atoms. The molecule has 0 N–H and O–H groups in total. The summed E-state index contributed by atoms with van der Waals surface area (Å²) in [5, 5.41) is 3.44. The van der Waals surface area contributed by atoms with Crippen LogP contribution >= 0.6 is 0 Å². The number of urea groups is 1. The fourth-order valence-corrected chi connectivity index (χ4v) is 2.97. The highest BCUT2D eigenvalue weighted by Gasteiger charge is 2.38. The van der Waals surface area contributed by atoms with Gasteiger partial charge in [-0.3, -0.25) is 0 Å². The Labute approximate surface area is 148 Å². The number of carbonyl (C=O) groups excluding carboxylic acids is 1. The molecule has 0 fully saturated rings. The minimum Gasteiger partial charge on any atom is -0.334 e. The van der Waals surface area contributed by atoms with Gasteiger partial charge in [0.05, 0.1) is 0 Å². The number of anilines is 1. The fourth-order valence-electron chi connectivity index (χ4n) is 2.97. The normalized spacial score (nSPS) is 18.6. The van der Waals surface area contributed by atoms with Crippen molar-refractivity contribution < 1.29 is 4.79 Å². The van der Waals surface area contributed by atoms with E-state index in [0.29, 0.717) is 18.9 Å². The van der Waals surface area contributed by atoms with Crippen molar-refractivity contribution in [2.75, 3.05) is 25.0 Å². The van der Waals surface area contributed by atoms with Crippen molar-refractivity contribution in [3.63, 3.8) is 0 Å². The Kier molecular flexibility index (Phi) is 4.74. The average molecular weight is 340 g/mol. The highest BCUT2D eigenvalue weighted by molar-refractivity contribution is 6.06. The first-order valence-corrected chi connectivity index (χ1v) is 8.53. The van der Waals surface area contributed by atoms with Gasteiger partial charge in [0.15, 0.2) is 5.84 Å². The summed E-state index contributed by atoms with van der Waals surface area (Å²) in [4.78, 5) is 25.9. The first-order valence-electron chi connectivity index (χ1n) is 8.53. The third kappa shape index (κ3) is 3.09. The molecule has 7 nitrogen and oxygen atoms in total. The summed E-state index contributed by atoms with van der Waals surface area (Å²) in [6.07, 6.45) is 3.25. The Bertz CT molecular complexity index is 722. The SMILES string of the molecule is CCN(CC)C(=O)N1C=CC2=NC(C)=NC(N(C)c3ccccc3)N21. The topological polar surface area (TPSA) is 54.8 Å². The van der Waals surface area contributed by atoms with Gasteiger partial charge >= 0.3 is 6.03 Å². The second-order valence-corrected chi connectivity index (χ2v) is 5.90. The van der Waals surface area contributed by atoms with Crippen LogP contribution in [0.5, 0.6) is 0 Å². The summed E-state index contributed by atoms with van der Waals surface area (Å²) >= 11 is 0. The molecule has 2 heterocycles. The van der Waals surface area contributed by atoms with E-state index in [1.165, 1.54) is 0 Å². The molecule has 1 atom stereocenters. The molecular weight excluding hydrogens is 316 g/mol. The predicted octanol–water partition coefficient (Wildman–Crippen LogP) is 2.75. The molecule has 1 aromatic carbocycles. The van der Waals surface area contributed by atoms with Gasteiger partial charge in [0.25, 0.3) is 0 Å². The first-order chi connectivity index (χ1) is 12.1. The van der Waals surface area contributed by atoms with Crippen LogP contribution in [0.4, 0.5) is 10.5 Å². The molecule has 1 unspecified atom stereocenters. The van der Waals surface area contributed by atoms with Crippen molar-refractivity contribution in [3.8, 4) is 0 Å². The third-order valence-corrected chi connectivity index (χ3v) is 4.37. The van der Waals surface area contributed by atoms with Crippen LogP contribution in [0.3, 0.4) is 0 Å². The van der Waals surface area contributed by atoms with Crippen LogP contribution in [-0.2, 0) is 0 Å². The number of aliphatic imine (C=N–C) groups is 2. The highest BCUT2D eigenvalue weighted by atomic mass is 16.2. The number of para-hydroxylation sites is 1.